The summed E-state index contributed by atoms with van der Waals surface area (Å²) in [5.41, 5.74) is 1.25. The van der Waals surface area contributed by atoms with E-state index >= 15 is 0 Å². The summed E-state index contributed by atoms with van der Waals surface area (Å²) in [5.74, 6) is 0.453. The highest BCUT2D eigenvalue weighted by Gasteiger charge is 2.24. The molecule has 1 heterocycles. The molecule has 0 saturated heterocycles. The van der Waals surface area contributed by atoms with Crippen molar-refractivity contribution in [3.05, 3.63) is 46.5 Å². The molecular formula is C17H17N3O4. The maximum atomic E-state index is 11.5. The Hall–Kier alpha value is -2.93. The van der Waals surface area contributed by atoms with E-state index in [0.717, 1.165) is 5.06 Å². The number of non-ortho nitro benzene ring substituents is 1. The minimum Gasteiger partial charge on any atom is -0.492 e. The lowest BCUT2D eigenvalue weighted by atomic mass is 10.1. The highest BCUT2D eigenvalue weighted by Crippen LogP contribution is 2.41. The van der Waals surface area contributed by atoms with Crippen LogP contribution < -0.4 is 9.80 Å². The number of ether oxygens (including phenoxy) is 1. The first-order valence-electron chi connectivity index (χ1n) is 7.67. The number of fused-ring (bicyclic) bond motifs is 2. The van der Waals surface area contributed by atoms with Gasteiger partial charge in [0.25, 0.3) is 5.69 Å². The maximum Gasteiger partial charge on any atom is 0.281 e. The predicted molar refractivity (Wildman–Crippen MR) is 91.9 cm³/mol. The number of nitro groups is 1. The second-order valence-corrected chi connectivity index (χ2v) is 5.19. The van der Waals surface area contributed by atoms with Gasteiger partial charge in [-0.3, -0.25) is 20.4 Å². The number of pyridine rings is 1. The SMILES string of the molecule is CCOc1ccc([N+](=O)[O-])c2c(N(O)CC)c3ccccc3nc12. The van der Waals surface area contributed by atoms with Gasteiger partial charge >= 0.3 is 0 Å². The van der Waals surface area contributed by atoms with Gasteiger partial charge in [0, 0.05) is 18.0 Å². The molecule has 1 N–H and O–H groups in total. The van der Waals surface area contributed by atoms with Crippen LogP contribution in [-0.4, -0.2) is 28.3 Å². The van der Waals surface area contributed by atoms with Crippen LogP contribution in [0.2, 0.25) is 0 Å². The van der Waals surface area contributed by atoms with Gasteiger partial charge in [0.05, 0.1) is 22.7 Å². The molecule has 0 aliphatic heterocycles. The van der Waals surface area contributed by atoms with Crippen LogP contribution >= 0.6 is 0 Å². The Balaban J connectivity index is 2.55. The zero-order chi connectivity index (χ0) is 17.3. The van der Waals surface area contributed by atoms with E-state index in [0.29, 0.717) is 34.5 Å². The van der Waals surface area contributed by atoms with Crippen LogP contribution in [0.25, 0.3) is 21.8 Å². The Morgan fingerprint density at radius 1 is 1.25 bits per heavy atom. The molecule has 24 heavy (non-hydrogen) atoms. The quantitative estimate of drug-likeness (QED) is 0.434. The molecule has 0 aliphatic rings. The van der Waals surface area contributed by atoms with Crippen LogP contribution in [0.3, 0.4) is 0 Å². The summed E-state index contributed by atoms with van der Waals surface area (Å²) in [7, 11) is 0. The molecule has 7 heteroatoms. The molecule has 0 fully saturated rings. The molecule has 2 aromatic carbocycles. The number of para-hydroxylation sites is 1. The van der Waals surface area contributed by atoms with Gasteiger partial charge in [-0.05, 0) is 26.0 Å². The molecule has 3 aromatic rings. The molecule has 7 nitrogen and oxygen atoms in total. The van der Waals surface area contributed by atoms with Crippen molar-refractivity contribution in [1.29, 1.82) is 0 Å². The molecule has 0 unspecified atom stereocenters. The van der Waals surface area contributed by atoms with Crippen molar-refractivity contribution in [3.63, 3.8) is 0 Å². The minimum atomic E-state index is -0.471. The summed E-state index contributed by atoms with van der Waals surface area (Å²) < 4.78 is 5.59. The van der Waals surface area contributed by atoms with Crippen LogP contribution in [-0.2, 0) is 0 Å². The molecule has 0 atom stereocenters. The smallest absolute Gasteiger partial charge is 0.281 e. The van der Waals surface area contributed by atoms with Crippen molar-refractivity contribution in [2.24, 2.45) is 0 Å². The van der Waals surface area contributed by atoms with Gasteiger partial charge in [-0.2, -0.15) is 0 Å². The summed E-state index contributed by atoms with van der Waals surface area (Å²) in [6.45, 7) is 4.28. The van der Waals surface area contributed by atoms with Crippen molar-refractivity contribution >= 4 is 33.2 Å². The van der Waals surface area contributed by atoms with E-state index in [-0.39, 0.29) is 17.6 Å². The lowest BCUT2D eigenvalue weighted by molar-refractivity contribution is -0.383. The van der Waals surface area contributed by atoms with E-state index in [2.05, 4.69) is 4.98 Å². The van der Waals surface area contributed by atoms with Crippen LogP contribution in [0.4, 0.5) is 11.4 Å². The molecule has 0 radical (unpaired) electrons. The van der Waals surface area contributed by atoms with Crippen LogP contribution in [0.5, 0.6) is 5.75 Å². The average Bonchev–Trinajstić information content (AvgIpc) is 2.59. The Kier molecular flexibility index (Phi) is 4.18. The van der Waals surface area contributed by atoms with Crippen molar-refractivity contribution in [3.8, 4) is 5.75 Å². The number of hydrogen-bond acceptors (Lipinski definition) is 6. The second-order valence-electron chi connectivity index (χ2n) is 5.19. The van der Waals surface area contributed by atoms with E-state index in [9.17, 15) is 15.3 Å². The zero-order valence-corrected chi connectivity index (χ0v) is 13.4. The van der Waals surface area contributed by atoms with Crippen molar-refractivity contribution in [2.45, 2.75) is 13.8 Å². The normalized spacial score (nSPS) is 11.0. The molecule has 0 amide bonds. The third kappa shape index (κ3) is 2.48. The summed E-state index contributed by atoms with van der Waals surface area (Å²) in [6.07, 6.45) is 0. The zero-order valence-electron chi connectivity index (χ0n) is 13.4. The van der Waals surface area contributed by atoms with Crippen molar-refractivity contribution < 1.29 is 14.9 Å². The van der Waals surface area contributed by atoms with Crippen LogP contribution in [0, 0.1) is 10.1 Å². The van der Waals surface area contributed by atoms with E-state index in [4.69, 9.17) is 4.74 Å². The number of hydrogen-bond donors (Lipinski definition) is 1. The van der Waals surface area contributed by atoms with Crippen LogP contribution in [0.1, 0.15) is 13.8 Å². The first-order chi connectivity index (χ1) is 11.6. The number of benzene rings is 2. The molecule has 3 rings (SSSR count). The summed E-state index contributed by atoms with van der Waals surface area (Å²) in [5, 5.41) is 23.8. The first kappa shape index (κ1) is 15.9. The van der Waals surface area contributed by atoms with Gasteiger partial charge in [-0.1, -0.05) is 18.2 Å². The maximum absolute atomic E-state index is 11.5. The van der Waals surface area contributed by atoms with E-state index in [1.807, 2.05) is 13.0 Å². The largest absolute Gasteiger partial charge is 0.492 e. The highest BCUT2D eigenvalue weighted by atomic mass is 16.6. The van der Waals surface area contributed by atoms with Gasteiger partial charge in [-0.15, -0.1) is 0 Å². The first-order valence-corrected chi connectivity index (χ1v) is 7.67. The van der Waals surface area contributed by atoms with Gasteiger partial charge in [-0.25, -0.2) is 4.98 Å². The fraction of sp³-hybridized carbons (Fsp3) is 0.235. The fourth-order valence-corrected chi connectivity index (χ4v) is 2.78. The highest BCUT2D eigenvalue weighted by molar-refractivity contribution is 6.12. The third-order valence-corrected chi connectivity index (χ3v) is 3.80. The van der Waals surface area contributed by atoms with Crippen molar-refractivity contribution in [1.82, 2.24) is 4.98 Å². The predicted octanol–water partition coefficient (Wildman–Crippen LogP) is 3.91. The number of hydroxylamine groups is 1. The number of anilines is 1. The number of nitrogens with zero attached hydrogens (tertiary/aromatic N) is 3. The van der Waals surface area contributed by atoms with E-state index in [1.165, 1.54) is 6.07 Å². The number of aromatic nitrogens is 1. The molecule has 0 aliphatic carbocycles. The van der Waals surface area contributed by atoms with Crippen LogP contribution in [0.15, 0.2) is 36.4 Å². The molecular weight excluding hydrogens is 310 g/mol. The molecule has 124 valence electrons. The molecule has 0 bridgehead atoms. The minimum absolute atomic E-state index is 0.116. The Morgan fingerprint density at radius 2 is 2.00 bits per heavy atom. The topological polar surface area (TPSA) is 88.7 Å². The van der Waals surface area contributed by atoms with E-state index < -0.39 is 4.92 Å². The molecule has 0 spiro atoms. The monoisotopic (exact) mass is 327 g/mol. The summed E-state index contributed by atoms with van der Waals surface area (Å²) in [4.78, 5) is 15.6. The number of nitro benzene ring substituents is 1. The average molecular weight is 327 g/mol. The molecule has 0 saturated carbocycles. The Bertz CT molecular complexity index is 926. The Morgan fingerprint density at radius 3 is 2.67 bits per heavy atom. The lowest BCUT2D eigenvalue weighted by Crippen LogP contribution is -2.18. The second kappa shape index (κ2) is 6.29. The fourth-order valence-electron chi connectivity index (χ4n) is 2.78. The Labute approximate surface area is 138 Å². The van der Waals surface area contributed by atoms with Gasteiger partial charge in [0.1, 0.15) is 16.7 Å². The third-order valence-electron chi connectivity index (χ3n) is 3.80. The van der Waals surface area contributed by atoms with Crippen molar-refractivity contribution in [2.75, 3.05) is 18.2 Å². The van der Waals surface area contributed by atoms with Gasteiger partial charge in [0.15, 0.2) is 0 Å². The van der Waals surface area contributed by atoms with Gasteiger partial charge in [0.2, 0.25) is 0 Å². The molecule has 1 aromatic heterocycles. The van der Waals surface area contributed by atoms with E-state index in [1.54, 1.807) is 31.2 Å². The number of rotatable bonds is 5. The van der Waals surface area contributed by atoms with Gasteiger partial charge < -0.3 is 4.74 Å². The lowest BCUT2D eigenvalue weighted by Gasteiger charge is -2.20. The summed E-state index contributed by atoms with van der Waals surface area (Å²) in [6, 6.07) is 10.2. The standard InChI is InChI=1S/C17H17N3O4/c1-3-19(21)17-11-7-5-6-8-12(11)18-16-14(24-4-2)10-9-13(15(16)17)20(22)23/h5-10,21H,3-4H2,1-2H3. The summed E-state index contributed by atoms with van der Waals surface area (Å²) >= 11 is 0.